The second-order valence-electron chi connectivity index (χ2n) is 5.26. The lowest BCUT2D eigenvalue weighted by Gasteiger charge is -2.16. The summed E-state index contributed by atoms with van der Waals surface area (Å²) in [6.07, 6.45) is 7.38. The van der Waals surface area contributed by atoms with E-state index in [0.717, 1.165) is 17.4 Å². The van der Waals surface area contributed by atoms with E-state index in [0.29, 0.717) is 6.04 Å². The van der Waals surface area contributed by atoms with Gasteiger partial charge in [0.1, 0.15) is 12.7 Å². The van der Waals surface area contributed by atoms with E-state index in [2.05, 4.69) is 41.2 Å². The van der Waals surface area contributed by atoms with Gasteiger partial charge in [-0.3, -0.25) is 0 Å². The standard InChI is InChI=1S/C14H21N5/c1-11(2)4-5-12(3)18-13-6-7-14(16-8-13)19-10-15-9-17-19/h6-12,18H,4-5H2,1-3H3. The minimum Gasteiger partial charge on any atom is -0.381 e. The first-order valence-corrected chi connectivity index (χ1v) is 6.72. The van der Waals surface area contributed by atoms with Gasteiger partial charge < -0.3 is 5.32 Å². The number of nitrogens with zero attached hydrogens (tertiary/aromatic N) is 4. The van der Waals surface area contributed by atoms with Gasteiger partial charge in [0.2, 0.25) is 0 Å². The Kier molecular flexibility index (Phi) is 4.49. The summed E-state index contributed by atoms with van der Waals surface area (Å²) < 4.78 is 1.64. The molecular weight excluding hydrogens is 238 g/mol. The zero-order chi connectivity index (χ0) is 13.7. The molecule has 2 aromatic rings. The average molecular weight is 259 g/mol. The van der Waals surface area contributed by atoms with Crippen LogP contribution >= 0.6 is 0 Å². The quantitative estimate of drug-likeness (QED) is 0.866. The summed E-state index contributed by atoms with van der Waals surface area (Å²) in [6.45, 7) is 6.70. The fourth-order valence-electron chi connectivity index (χ4n) is 1.87. The van der Waals surface area contributed by atoms with Crippen LogP contribution < -0.4 is 5.32 Å². The van der Waals surface area contributed by atoms with Crippen LogP contribution in [0.5, 0.6) is 0 Å². The fraction of sp³-hybridized carbons (Fsp3) is 0.500. The molecule has 0 bridgehead atoms. The monoisotopic (exact) mass is 259 g/mol. The number of nitrogens with one attached hydrogen (secondary N) is 1. The van der Waals surface area contributed by atoms with E-state index in [4.69, 9.17) is 0 Å². The Balaban J connectivity index is 1.92. The van der Waals surface area contributed by atoms with Gasteiger partial charge in [0, 0.05) is 6.04 Å². The lowest BCUT2D eigenvalue weighted by atomic mass is 10.0. The number of aromatic nitrogens is 4. The highest BCUT2D eigenvalue weighted by molar-refractivity contribution is 5.44. The zero-order valence-corrected chi connectivity index (χ0v) is 11.7. The van der Waals surface area contributed by atoms with Crippen molar-refractivity contribution in [2.75, 3.05) is 5.32 Å². The highest BCUT2D eigenvalue weighted by Gasteiger charge is 2.04. The maximum absolute atomic E-state index is 4.37. The Bertz CT molecular complexity index is 475. The summed E-state index contributed by atoms with van der Waals surface area (Å²) in [6, 6.07) is 4.42. The zero-order valence-electron chi connectivity index (χ0n) is 11.7. The largest absolute Gasteiger partial charge is 0.381 e. The molecule has 0 aliphatic carbocycles. The van der Waals surface area contributed by atoms with Crippen molar-refractivity contribution in [3.63, 3.8) is 0 Å². The third kappa shape index (κ3) is 4.05. The number of rotatable bonds is 6. The summed E-state index contributed by atoms with van der Waals surface area (Å²) in [5.74, 6) is 1.52. The van der Waals surface area contributed by atoms with E-state index < -0.39 is 0 Å². The first-order valence-electron chi connectivity index (χ1n) is 6.72. The van der Waals surface area contributed by atoms with Crippen LogP contribution in [0.25, 0.3) is 5.82 Å². The molecule has 0 amide bonds. The lowest BCUT2D eigenvalue weighted by molar-refractivity contribution is 0.527. The molecule has 19 heavy (non-hydrogen) atoms. The molecular formula is C14H21N5. The minimum atomic E-state index is 0.460. The summed E-state index contributed by atoms with van der Waals surface area (Å²) in [7, 11) is 0. The predicted octanol–water partition coefficient (Wildman–Crippen LogP) is 2.90. The number of pyridine rings is 1. The Morgan fingerprint density at radius 3 is 2.63 bits per heavy atom. The summed E-state index contributed by atoms with van der Waals surface area (Å²) in [5, 5.41) is 7.51. The van der Waals surface area contributed by atoms with Gasteiger partial charge in [0.05, 0.1) is 11.9 Å². The van der Waals surface area contributed by atoms with Gasteiger partial charge in [0.25, 0.3) is 0 Å². The molecule has 2 rings (SSSR count). The number of hydrogen-bond acceptors (Lipinski definition) is 4. The molecule has 1 atom stereocenters. The van der Waals surface area contributed by atoms with Gasteiger partial charge in [-0.2, -0.15) is 5.10 Å². The SMILES string of the molecule is CC(C)CCC(C)Nc1ccc(-n2cncn2)nc1. The fourth-order valence-corrected chi connectivity index (χ4v) is 1.87. The van der Waals surface area contributed by atoms with Crippen molar-refractivity contribution in [1.29, 1.82) is 0 Å². The predicted molar refractivity (Wildman–Crippen MR) is 76.3 cm³/mol. The van der Waals surface area contributed by atoms with Gasteiger partial charge >= 0.3 is 0 Å². The van der Waals surface area contributed by atoms with Crippen LogP contribution in [0.3, 0.4) is 0 Å². The van der Waals surface area contributed by atoms with Crippen molar-refractivity contribution in [2.45, 2.75) is 39.7 Å². The van der Waals surface area contributed by atoms with Gasteiger partial charge in [-0.1, -0.05) is 13.8 Å². The molecule has 0 saturated heterocycles. The highest BCUT2D eigenvalue weighted by Crippen LogP contribution is 2.13. The van der Waals surface area contributed by atoms with Crippen LogP contribution in [0.1, 0.15) is 33.6 Å². The molecule has 5 nitrogen and oxygen atoms in total. The van der Waals surface area contributed by atoms with Crippen LogP contribution in [-0.4, -0.2) is 25.8 Å². The van der Waals surface area contributed by atoms with E-state index in [-0.39, 0.29) is 0 Å². The highest BCUT2D eigenvalue weighted by atomic mass is 15.3. The topological polar surface area (TPSA) is 55.6 Å². The second kappa shape index (κ2) is 6.31. The van der Waals surface area contributed by atoms with Crippen LogP contribution in [0.2, 0.25) is 0 Å². The minimum absolute atomic E-state index is 0.460. The summed E-state index contributed by atoms with van der Waals surface area (Å²) >= 11 is 0. The summed E-state index contributed by atoms with van der Waals surface area (Å²) in [5.41, 5.74) is 1.04. The lowest BCUT2D eigenvalue weighted by Crippen LogP contribution is -2.16. The van der Waals surface area contributed by atoms with Crippen molar-refractivity contribution in [3.05, 3.63) is 31.0 Å². The Labute approximate surface area is 114 Å². The van der Waals surface area contributed by atoms with E-state index in [9.17, 15) is 0 Å². The maximum Gasteiger partial charge on any atom is 0.155 e. The van der Waals surface area contributed by atoms with Gasteiger partial charge in [0.15, 0.2) is 5.82 Å². The smallest absolute Gasteiger partial charge is 0.155 e. The average Bonchev–Trinajstić information content (AvgIpc) is 2.91. The number of hydrogen-bond donors (Lipinski definition) is 1. The van der Waals surface area contributed by atoms with Crippen molar-refractivity contribution >= 4 is 5.69 Å². The second-order valence-corrected chi connectivity index (χ2v) is 5.26. The van der Waals surface area contributed by atoms with E-state index >= 15 is 0 Å². The van der Waals surface area contributed by atoms with Crippen LogP contribution in [0.15, 0.2) is 31.0 Å². The van der Waals surface area contributed by atoms with E-state index in [1.54, 1.807) is 11.0 Å². The molecule has 0 spiro atoms. The van der Waals surface area contributed by atoms with E-state index in [1.165, 1.54) is 19.2 Å². The molecule has 0 aliphatic heterocycles. The van der Waals surface area contributed by atoms with Crippen LogP contribution in [-0.2, 0) is 0 Å². The Hall–Kier alpha value is -1.91. The normalized spacial score (nSPS) is 12.6. The van der Waals surface area contributed by atoms with Crippen molar-refractivity contribution in [2.24, 2.45) is 5.92 Å². The molecule has 102 valence electrons. The van der Waals surface area contributed by atoms with Gasteiger partial charge in [-0.05, 0) is 37.8 Å². The first kappa shape index (κ1) is 13.5. The molecule has 2 aromatic heterocycles. The van der Waals surface area contributed by atoms with Crippen molar-refractivity contribution < 1.29 is 0 Å². The number of anilines is 1. The molecule has 0 radical (unpaired) electrons. The molecule has 0 aromatic carbocycles. The Morgan fingerprint density at radius 2 is 2.05 bits per heavy atom. The first-order chi connectivity index (χ1) is 9.15. The molecule has 0 aliphatic rings. The van der Waals surface area contributed by atoms with Crippen LogP contribution in [0.4, 0.5) is 5.69 Å². The molecule has 5 heteroatoms. The van der Waals surface area contributed by atoms with Crippen molar-refractivity contribution in [1.82, 2.24) is 19.7 Å². The molecule has 0 saturated carbocycles. The molecule has 1 unspecified atom stereocenters. The third-order valence-corrected chi connectivity index (χ3v) is 2.99. The molecule has 0 fully saturated rings. The van der Waals surface area contributed by atoms with Crippen molar-refractivity contribution in [3.8, 4) is 5.82 Å². The van der Waals surface area contributed by atoms with E-state index in [1.807, 2.05) is 18.3 Å². The molecule has 2 heterocycles. The third-order valence-electron chi connectivity index (χ3n) is 2.99. The molecule has 1 N–H and O–H groups in total. The van der Waals surface area contributed by atoms with Crippen LogP contribution in [0, 0.1) is 5.92 Å². The van der Waals surface area contributed by atoms with Gasteiger partial charge in [-0.25, -0.2) is 14.6 Å². The van der Waals surface area contributed by atoms with Gasteiger partial charge in [-0.15, -0.1) is 0 Å². The maximum atomic E-state index is 4.37. The summed E-state index contributed by atoms with van der Waals surface area (Å²) in [4.78, 5) is 8.27. The Morgan fingerprint density at radius 1 is 1.21 bits per heavy atom.